The zero-order chi connectivity index (χ0) is 12.7. The van der Waals surface area contributed by atoms with Gasteiger partial charge in [0.25, 0.3) is 0 Å². The van der Waals surface area contributed by atoms with Gasteiger partial charge >= 0.3 is 5.97 Å². The van der Waals surface area contributed by atoms with Gasteiger partial charge in [-0.3, -0.25) is 4.79 Å². The standard InChI is InChI=1S/C15H24O3/c1-9-6-14(17-2)13-7-10-8-18-15(16)12(10)5-3-4-11(9)13/h9-14H,3-8H2,1-2H3/t9-,10+,11+,12+,13+,14+/m0/s1. The summed E-state index contributed by atoms with van der Waals surface area (Å²) in [4.78, 5) is 11.7. The maximum atomic E-state index is 11.7. The van der Waals surface area contributed by atoms with Crippen molar-refractivity contribution in [2.75, 3.05) is 13.7 Å². The van der Waals surface area contributed by atoms with Crippen LogP contribution in [0.15, 0.2) is 0 Å². The second-order valence-corrected chi connectivity index (χ2v) is 6.48. The minimum Gasteiger partial charge on any atom is -0.465 e. The van der Waals surface area contributed by atoms with E-state index in [-0.39, 0.29) is 11.9 Å². The van der Waals surface area contributed by atoms with E-state index < -0.39 is 0 Å². The molecule has 18 heavy (non-hydrogen) atoms. The van der Waals surface area contributed by atoms with Crippen molar-refractivity contribution >= 4 is 5.97 Å². The Balaban J connectivity index is 1.78. The summed E-state index contributed by atoms with van der Waals surface area (Å²) in [5.74, 6) is 2.90. The highest BCUT2D eigenvalue weighted by Crippen LogP contribution is 2.48. The van der Waals surface area contributed by atoms with Gasteiger partial charge in [-0.15, -0.1) is 0 Å². The highest BCUT2D eigenvalue weighted by molar-refractivity contribution is 5.74. The summed E-state index contributed by atoms with van der Waals surface area (Å²) in [6.45, 7) is 3.02. The molecule has 2 saturated carbocycles. The Morgan fingerprint density at radius 1 is 1.22 bits per heavy atom. The fourth-order valence-corrected chi connectivity index (χ4v) is 4.62. The number of rotatable bonds is 1. The van der Waals surface area contributed by atoms with E-state index in [4.69, 9.17) is 9.47 Å². The zero-order valence-electron chi connectivity index (χ0n) is 11.4. The van der Waals surface area contributed by atoms with Crippen LogP contribution in [0.2, 0.25) is 0 Å². The number of carbonyl (C=O) groups is 1. The van der Waals surface area contributed by atoms with Crippen LogP contribution in [0.1, 0.15) is 39.0 Å². The number of hydrogen-bond donors (Lipinski definition) is 0. The van der Waals surface area contributed by atoms with Crippen molar-refractivity contribution in [3.63, 3.8) is 0 Å². The molecule has 0 amide bonds. The Kier molecular flexibility index (Phi) is 3.35. The first-order valence-electron chi connectivity index (χ1n) is 7.40. The smallest absolute Gasteiger partial charge is 0.309 e. The number of hydrogen-bond acceptors (Lipinski definition) is 3. The van der Waals surface area contributed by atoms with Gasteiger partial charge in [0.1, 0.15) is 0 Å². The molecular weight excluding hydrogens is 228 g/mol. The Hall–Kier alpha value is -0.570. The summed E-state index contributed by atoms with van der Waals surface area (Å²) in [5, 5.41) is 0. The molecule has 0 aromatic carbocycles. The molecule has 0 bridgehead atoms. The number of methoxy groups -OCH3 is 1. The van der Waals surface area contributed by atoms with Crippen molar-refractivity contribution in [2.45, 2.75) is 45.1 Å². The van der Waals surface area contributed by atoms with Crippen LogP contribution < -0.4 is 0 Å². The first kappa shape index (κ1) is 12.5. The van der Waals surface area contributed by atoms with Crippen LogP contribution in [0.3, 0.4) is 0 Å². The molecule has 1 saturated heterocycles. The molecule has 3 fully saturated rings. The van der Waals surface area contributed by atoms with Crippen LogP contribution in [-0.2, 0) is 14.3 Å². The highest BCUT2D eigenvalue weighted by atomic mass is 16.5. The molecule has 0 N–H and O–H groups in total. The molecule has 0 aromatic heterocycles. The van der Waals surface area contributed by atoms with Crippen molar-refractivity contribution in [3.05, 3.63) is 0 Å². The van der Waals surface area contributed by atoms with E-state index in [1.165, 1.54) is 19.3 Å². The molecular formula is C15H24O3. The Bertz CT molecular complexity index is 328. The molecule has 3 nitrogen and oxygen atoms in total. The van der Waals surface area contributed by atoms with Crippen LogP contribution in [0.25, 0.3) is 0 Å². The monoisotopic (exact) mass is 252 g/mol. The second kappa shape index (κ2) is 4.84. The average Bonchev–Trinajstić information content (AvgIpc) is 2.80. The van der Waals surface area contributed by atoms with E-state index in [9.17, 15) is 4.79 Å². The van der Waals surface area contributed by atoms with Crippen LogP contribution in [0.5, 0.6) is 0 Å². The van der Waals surface area contributed by atoms with Crippen LogP contribution in [0.4, 0.5) is 0 Å². The summed E-state index contributed by atoms with van der Waals surface area (Å²) in [6.07, 6.45) is 6.21. The normalized spacial score (nSPS) is 48.0. The van der Waals surface area contributed by atoms with Gasteiger partial charge < -0.3 is 9.47 Å². The first-order chi connectivity index (χ1) is 8.70. The second-order valence-electron chi connectivity index (χ2n) is 6.48. The van der Waals surface area contributed by atoms with Crippen molar-refractivity contribution in [1.82, 2.24) is 0 Å². The van der Waals surface area contributed by atoms with Crippen molar-refractivity contribution < 1.29 is 14.3 Å². The van der Waals surface area contributed by atoms with E-state index in [0.717, 1.165) is 24.7 Å². The lowest BCUT2D eigenvalue weighted by Gasteiger charge is -2.31. The van der Waals surface area contributed by atoms with Crippen molar-refractivity contribution in [2.24, 2.45) is 29.6 Å². The summed E-state index contributed by atoms with van der Waals surface area (Å²) in [5.41, 5.74) is 0. The number of cyclic esters (lactones) is 1. The number of fused-ring (bicyclic) bond motifs is 2. The van der Waals surface area contributed by atoms with Gasteiger partial charge in [-0.05, 0) is 43.4 Å². The molecule has 1 aliphatic heterocycles. The van der Waals surface area contributed by atoms with Crippen molar-refractivity contribution in [3.8, 4) is 0 Å². The summed E-state index contributed by atoms with van der Waals surface area (Å²) in [6, 6.07) is 0. The maximum absolute atomic E-state index is 11.7. The van der Waals surface area contributed by atoms with Gasteiger partial charge in [0.05, 0.1) is 18.6 Å². The molecule has 3 rings (SSSR count). The minimum atomic E-state index is 0.0541. The maximum Gasteiger partial charge on any atom is 0.309 e. The molecule has 0 unspecified atom stereocenters. The van der Waals surface area contributed by atoms with E-state index in [1.807, 2.05) is 7.11 Å². The molecule has 6 atom stereocenters. The van der Waals surface area contributed by atoms with E-state index in [2.05, 4.69) is 6.92 Å². The fourth-order valence-electron chi connectivity index (χ4n) is 4.62. The lowest BCUT2D eigenvalue weighted by atomic mass is 9.73. The molecule has 1 heterocycles. The van der Waals surface area contributed by atoms with Crippen LogP contribution >= 0.6 is 0 Å². The predicted octanol–water partition coefficient (Wildman–Crippen LogP) is 2.64. The van der Waals surface area contributed by atoms with Gasteiger partial charge in [0.15, 0.2) is 0 Å². The molecule has 0 aromatic rings. The minimum absolute atomic E-state index is 0.0541. The third kappa shape index (κ3) is 1.97. The SMILES string of the molecule is CO[C@@H]1C[C@H](C)[C@H]2CCC[C@H]3C(=O)OC[C@H]3C[C@H]21. The third-order valence-electron chi connectivity index (χ3n) is 5.60. The molecule has 102 valence electrons. The fraction of sp³-hybridized carbons (Fsp3) is 0.933. The first-order valence-corrected chi connectivity index (χ1v) is 7.40. The summed E-state index contributed by atoms with van der Waals surface area (Å²) >= 11 is 0. The quantitative estimate of drug-likeness (QED) is 0.673. The predicted molar refractivity (Wildman–Crippen MR) is 68.0 cm³/mol. The number of ether oxygens (including phenoxy) is 2. The van der Waals surface area contributed by atoms with Gasteiger partial charge in [-0.1, -0.05) is 13.3 Å². The summed E-state index contributed by atoms with van der Waals surface area (Å²) < 4.78 is 11.0. The van der Waals surface area contributed by atoms with Gasteiger partial charge in [0.2, 0.25) is 0 Å². The molecule has 0 radical (unpaired) electrons. The topological polar surface area (TPSA) is 35.5 Å². The van der Waals surface area contributed by atoms with E-state index in [0.29, 0.717) is 24.5 Å². The van der Waals surface area contributed by atoms with E-state index in [1.54, 1.807) is 0 Å². The third-order valence-corrected chi connectivity index (χ3v) is 5.60. The molecule has 0 spiro atoms. The van der Waals surface area contributed by atoms with Crippen LogP contribution in [-0.4, -0.2) is 25.8 Å². The number of esters is 1. The summed E-state index contributed by atoms with van der Waals surface area (Å²) in [7, 11) is 1.84. The molecule has 2 aliphatic carbocycles. The van der Waals surface area contributed by atoms with Crippen LogP contribution in [0, 0.1) is 29.6 Å². The highest BCUT2D eigenvalue weighted by Gasteiger charge is 2.47. The van der Waals surface area contributed by atoms with Gasteiger partial charge in [0, 0.05) is 13.0 Å². The molecule has 3 aliphatic rings. The van der Waals surface area contributed by atoms with Gasteiger partial charge in [-0.25, -0.2) is 0 Å². The Morgan fingerprint density at radius 3 is 2.83 bits per heavy atom. The zero-order valence-corrected chi connectivity index (χ0v) is 11.4. The Morgan fingerprint density at radius 2 is 2.06 bits per heavy atom. The average molecular weight is 252 g/mol. The Labute approximate surface area is 109 Å². The lowest BCUT2D eigenvalue weighted by molar-refractivity contribution is -0.141. The van der Waals surface area contributed by atoms with E-state index >= 15 is 0 Å². The lowest BCUT2D eigenvalue weighted by Crippen LogP contribution is -2.30. The largest absolute Gasteiger partial charge is 0.465 e. The number of carbonyl (C=O) groups excluding carboxylic acids is 1. The van der Waals surface area contributed by atoms with Crippen molar-refractivity contribution in [1.29, 1.82) is 0 Å². The molecule has 3 heteroatoms. The van der Waals surface area contributed by atoms with Gasteiger partial charge in [-0.2, -0.15) is 0 Å².